The molecule has 0 amide bonds. The molecular weight excluding hydrogens is 401 g/mol. The maximum absolute atomic E-state index is 12.8. The molecule has 4 bridgehead atoms. The average Bonchev–Trinajstić information content (AvgIpc) is 2.50. The van der Waals surface area contributed by atoms with E-state index < -0.39 is 9.02 Å². The Balaban J connectivity index is 1.78. The van der Waals surface area contributed by atoms with Gasteiger partial charge in [-0.25, -0.2) is 0 Å². The van der Waals surface area contributed by atoms with Gasteiger partial charge in [-0.3, -0.25) is 4.79 Å². The summed E-state index contributed by atoms with van der Waals surface area (Å²) in [6.07, 6.45) is 4.49. The first-order chi connectivity index (χ1) is 10.9. The lowest BCUT2D eigenvalue weighted by atomic mass is 9.54. The van der Waals surface area contributed by atoms with Gasteiger partial charge < -0.3 is 10.1 Å². The van der Waals surface area contributed by atoms with Crippen LogP contribution in [0, 0.1) is 11.8 Å². The SMILES string of the molecule is CC(C)(I)C(=O)OC1(c2ccccc2)C2CC3CC1CC(C2)N3. The minimum absolute atomic E-state index is 0.0811. The van der Waals surface area contributed by atoms with Gasteiger partial charge in [0, 0.05) is 23.9 Å². The molecule has 4 fully saturated rings. The van der Waals surface area contributed by atoms with E-state index in [-0.39, 0.29) is 5.97 Å². The third kappa shape index (κ3) is 2.53. The Morgan fingerprint density at radius 1 is 1.13 bits per heavy atom. The molecule has 4 heteroatoms. The zero-order chi connectivity index (χ0) is 16.2. The van der Waals surface area contributed by atoms with E-state index in [1.54, 1.807) is 0 Å². The molecule has 23 heavy (non-hydrogen) atoms. The highest BCUT2D eigenvalue weighted by molar-refractivity contribution is 14.1. The molecule has 0 spiro atoms. The molecule has 2 saturated carbocycles. The van der Waals surface area contributed by atoms with Crippen molar-refractivity contribution in [3.05, 3.63) is 35.9 Å². The van der Waals surface area contributed by atoms with E-state index >= 15 is 0 Å². The van der Waals surface area contributed by atoms with Crippen molar-refractivity contribution in [2.45, 2.75) is 60.6 Å². The van der Waals surface area contributed by atoms with Crippen LogP contribution in [0.15, 0.2) is 30.3 Å². The average molecular weight is 425 g/mol. The molecule has 0 radical (unpaired) electrons. The second kappa shape index (κ2) is 5.45. The first-order valence-electron chi connectivity index (χ1n) is 8.63. The van der Waals surface area contributed by atoms with Gasteiger partial charge in [0.25, 0.3) is 0 Å². The number of carbonyl (C=O) groups is 1. The third-order valence-corrected chi connectivity index (χ3v) is 6.37. The van der Waals surface area contributed by atoms with Crippen LogP contribution in [0.4, 0.5) is 0 Å². The van der Waals surface area contributed by atoms with Crippen LogP contribution in [0.3, 0.4) is 0 Å². The van der Waals surface area contributed by atoms with Gasteiger partial charge in [-0.2, -0.15) is 0 Å². The lowest BCUT2D eigenvalue weighted by Crippen LogP contribution is -2.66. The zero-order valence-corrected chi connectivity index (χ0v) is 15.9. The number of rotatable bonds is 3. The van der Waals surface area contributed by atoms with Crippen LogP contribution in [0.1, 0.15) is 45.1 Å². The van der Waals surface area contributed by atoms with Crippen molar-refractivity contribution < 1.29 is 9.53 Å². The molecule has 4 aliphatic rings. The highest BCUT2D eigenvalue weighted by atomic mass is 127. The molecule has 1 aromatic carbocycles. The Bertz CT molecular complexity index is 580. The molecular formula is C19H24INO2. The number of carbonyl (C=O) groups excluding carboxylic acids is 1. The predicted molar refractivity (Wildman–Crippen MR) is 98.5 cm³/mol. The number of esters is 1. The van der Waals surface area contributed by atoms with Crippen LogP contribution >= 0.6 is 22.6 Å². The fourth-order valence-electron chi connectivity index (χ4n) is 5.07. The van der Waals surface area contributed by atoms with E-state index in [9.17, 15) is 4.79 Å². The summed E-state index contributed by atoms with van der Waals surface area (Å²) < 4.78 is 5.90. The molecule has 2 heterocycles. The van der Waals surface area contributed by atoms with Crippen LogP contribution in [-0.2, 0) is 15.1 Å². The fraction of sp³-hybridized carbons (Fsp3) is 0.632. The van der Waals surface area contributed by atoms with E-state index in [2.05, 4.69) is 52.2 Å². The summed E-state index contributed by atoms with van der Waals surface area (Å²) in [4.78, 5) is 12.8. The van der Waals surface area contributed by atoms with Crippen molar-refractivity contribution in [3.8, 4) is 0 Å². The van der Waals surface area contributed by atoms with Gasteiger partial charge >= 0.3 is 5.97 Å². The third-order valence-electron chi connectivity index (χ3n) is 5.93. The fourth-order valence-corrected chi connectivity index (χ4v) is 5.18. The quantitative estimate of drug-likeness (QED) is 0.455. The number of piperidine rings is 2. The lowest BCUT2D eigenvalue weighted by molar-refractivity contribution is -0.207. The van der Waals surface area contributed by atoms with E-state index in [0.717, 1.165) is 25.7 Å². The van der Waals surface area contributed by atoms with Crippen molar-refractivity contribution in [2.24, 2.45) is 11.8 Å². The maximum atomic E-state index is 12.8. The molecule has 124 valence electrons. The second-order valence-corrected chi connectivity index (χ2v) is 10.6. The van der Waals surface area contributed by atoms with Gasteiger partial charge in [0.05, 0.1) is 0 Å². The first-order valence-corrected chi connectivity index (χ1v) is 9.71. The zero-order valence-electron chi connectivity index (χ0n) is 13.7. The number of halogens is 1. The lowest BCUT2D eigenvalue weighted by Gasteiger charge is -2.60. The highest BCUT2D eigenvalue weighted by Gasteiger charge is 2.60. The van der Waals surface area contributed by atoms with Crippen molar-refractivity contribution in [3.63, 3.8) is 0 Å². The molecule has 0 aromatic heterocycles. The molecule has 1 aromatic rings. The number of alkyl halides is 1. The summed E-state index contributed by atoms with van der Waals surface area (Å²) in [5.41, 5.74) is 0.776. The molecule has 3 nitrogen and oxygen atoms in total. The van der Waals surface area contributed by atoms with Gasteiger partial charge in [-0.15, -0.1) is 0 Å². The standard InChI is InChI=1S/C19H24INO2/c1-18(2,20)17(22)23-19(12-6-4-3-5-7-12)13-8-15-10-14(19)11-16(9-13)21-15/h3-7,13-16,21H,8-11H2,1-2H3. The summed E-state index contributed by atoms with van der Waals surface area (Å²) in [7, 11) is 0. The van der Waals surface area contributed by atoms with Crippen LogP contribution in [0.2, 0.25) is 0 Å². The Labute approximate surface area is 151 Å². The highest BCUT2D eigenvalue weighted by Crippen LogP contribution is 2.58. The monoisotopic (exact) mass is 425 g/mol. The van der Waals surface area contributed by atoms with Gasteiger partial charge in [0.15, 0.2) is 0 Å². The minimum atomic E-state index is -0.494. The number of hydrogen-bond donors (Lipinski definition) is 1. The first kappa shape index (κ1) is 15.9. The normalized spacial score (nSPS) is 38.6. The Hall–Kier alpha value is -0.620. The molecule has 1 N–H and O–H groups in total. The van der Waals surface area contributed by atoms with Gasteiger partial charge in [-0.1, -0.05) is 52.9 Å². The number of nitrogens with one attached hydrogen (secondary N) is 1. The van der Waals surface area contributed by atoms with E-state index in [0.29, 0.717) is 23.9 Å². The molecule has 0 atom stereocenters. The van der Waals surface area contributed by atoms with Crippen LogP contribution in [-0.4, -0.2) is 21.5 Å². The Morgan fingerprint density at radius 3 is 2.13 bits per heavy atom. The Morgan fingerprint density at radius 2 is 1.65 bits per heavy atom. The maximum Gasteiger partial charge on any atom is 0.322 e. The second-order valence-electron chi connectivity index (χ2n) is 7.92. The molecule has 2 aliphatic heterocycles. The summed E-state index contributed by atoms with van der Waals surface area (Å²) in [6.45, 7) is 3.87. The topological polar surface area (TPSA) is 38.3 Å². The summed E-state index contributed by atoms with van der Waals surface area (Å²) in [6, 6.07) is 11.7. The van der Waals surface area contributed by atoms with E-state index in [1.165, 1.54) is 5.56 Å². The van der Waals surface area contributed by atoms with Crippen LogP contribution < -0.4 is 5.32 Å². The molecule has 2 aliphatic carbocycles. The minimum Gasteiger partial charge on any atom is -0.453 e. The number of benzene rings is 1. The van der Waals surface area contributed by atoms with Gasteiger partial charge in [0.2, 0.25) is 0 Å². The van der Waals surface area contributed by atoms with Gasteiger partial charge in [0.1, 0.15) is 9.02 Å². The summed E-state index contributed by atoms with van der Waals surface area (Å²) >= 11 is 2.20. The smallest absolute Gasteiger partial charge is 0.322 e. The van der Waals surface area contributed by atoms with Crippen molar-refractivity contribution >= 4 is 28.6 Å². The predicted octanol–water partition coefficient (Wildman–Crippen LogP) is 3.80. The number of hydrogen-bond acceptors (Lipinski definition) is 3. The summed E-state index contributed by atoms with van der Waals surface area (Å²) in [5.74, 6) is 0.801. The van der Waals surface area contributed by atoms with Crippen LogP contribution in [0.25, 0.3) is 0 Å². The summed E-state index contributed by atoms with van der Waals surface area (Å²) in [5, 5.41) is 3.74. The largest absolute Gasteiger partial charge is 0.453 e. The van der Waals surface area contributed by atoms with Crippen molar-refractivity contribution in [1.82, 2.24) is 5.32 Å². The van der Waals surface area contributed by atoms with Crippen LogP contribution in [0.5, 0.6) is 0 Å². The van der Waals surface area contributed by atoms with Crippen molar-refractivity contribution in [1.29, 1.82) is 0 Å². The van der Waals surface area contributed by atoms with Crippen molar-refractivity contribution in [2.75, 3.05) is 0 Å². The van der Waals surface area contributed by atoms with Gasteiger partial charge in [-0.05, 0) is 45.1 Å². The molecule has 2 saturated heterocycles. The number of ether oxygens (including phenoxy) is 1. The molecule has 5 rings (SSSR count). The van der Waals surface area contributed by atoms with E-state index in [4.69, 9.17) is 4.74 Å². The Kier molecular flexibility index (Phi) is 3.76. The molecule has 0 unspecified atom stereocenters. The van der Waals surface area contributed by atoms with E-state index in [1.807, 2.05) is 19.9 Å².